The van der Waals surface area contributed by atoms with Gasteiger partial charge in [-0.25, -0.2) is 0 Å². The summed E-state index contributed by atoms with van der Waals surface area (Å²) in [5.74, 6) is 0. The van der Waals surface area contributed by atoms with Gasteiger partial charge in [-0.2, -0.15) is 0 Å². The second-order valence-electron chi connectivity index (χ2n) is 13.7. The van der Waals surface area contributed by atoms with E-state index in [-0.39, 0.29) is 5.41 Å². The van der Waals surface area contributed by atoms with Crippen LogP contribution in [0.5, 0.6) is 0 Å². The minimum atomic E-state index is -0.0447. The topological polar surface area (TPSA) is 0 Å². The number of fused-ring (bicyclic) bond motifs is 9. The summed E-state index contributed by atoms with van der Waals surface area (Å²) < 4.78 is 0. The highest BCUT2D eigenvalue weighted by Gasteiger charge is 2.24. The SMILES string of the molecule is CC(C)(C)c1c2ccccc2c(-c2ccc3ccccc3c2)c2ccc(-c3ccc4c5ccccc5c5ccccc5c4c3)cc12. The fourth-order valence-electron chi connectivity index (χ4n) is 7.91. The lowest BCUT2D eigenvalue weighted by Gasteiger charge is -2.26. The first-order valence-electron chi connectivity index (χ1n) is 16.3. The Balaban J connectivity index is 1.35. The minimum absolute atomic E-state index is 0.0447. The first-order chi connectivity index (χ1) is 22.5. The molecule has 0 saturated carbocycles. The van der Waals surface area contributed by atoms with Crippen molar-refractivity contribution < 1.29 is 0 Å². The van der Waals surface area contributed by atoms with Gasteiger partial charge in [-0.05, 0) is 116 Å². The normalized spacial score (nSPS) is 12.2. The third kappa shape index (κ3) is 4.07. The maximum atomic E-state index is 2.46. The van der Waals surface area contributed by atoms with E-state index in [1.165, 1.54) is 92.5 Å². The molecule has 0 spiro atoms. The van der Waals surface area contributed by atoms with E-state index in [1.807, 2.05) is 0 Å². The van der Waals surface area contributed by atoms with E-state index in [2.05, 4.69) is 172 Å². The molecule has 0 aliphatic carbocycles. The number of hydrogen-bond acceptors (Lipinski definition) is 0. The van der Waals surface area contributed by atoms with Crippen LogP contribution in [-0.2, 0) is 5.41 Å². The maximum absolute atomic E-state index is 2.46. The highest BCUT2D eigenvalue weighted by molar-refractivity contribution is 6.26. The summed E-state index contributed by atoms with van der Waals surface area (Å²) in [5, 5.41) is 15.7. The molecular formula is C46H34. The van der Waals surface area contributed by atoms with Gasteiger partial charge in [-0.15, -0.1) is 0 Å². The Kier molecular flexibility index (Phi) is 5.86. The minimum Gasteiger partial charge on any atom is -0.0616 e. The van der Waals surface area contributed by atoms with E-state index in [1.54, 1.807) is 0 Å². The highest BCUT2D eigenvalue weighted by atomic mass is 14.3. The van der Waals surface area contributed by atoms with E-state index in [0.717, 1.165) is 0 Å². The fourth-order valence-corrected chi connectivity index (χ4v) is 7.91. The Morgan fingerprint density at radius 2 is 0.739 bits per heavy atom. The van der Waals surface area contributed by atoms with Crippen molar-refractivity contribution >= 4 is 64.6 Å². The molecule has 9 aromatic rings. The van der Waals surface area contributed by atoms with Crippen LogP contribution < -0.4 is 0 Å². The molecule has 218 valence electrons. The zero-order valence-corrected chi connectivity index (χ0v) is 26.4. The largest absolute Gasteiger partial charge is 0.0616 e. The number of rotatable bonds is 2. The molecule has 9 aromatic carbocycles. The molecule has 0 aromatic heterocycles. The predicted molar refractivity (Wildman–Crippen MR) is 201 cm³/mol. The van der Waals surface area contributed by atoms with Gasteiger partial charge in [0.05, 0.1) is 0 Å². The van der Waals surface area contributed by atoms with Crippen molar-refractivity contribution in [1.82, 2.24) is 0 Å². The molecule has 0 atom stereocenters. The zero-order chi connectivity index (χ0) is 31.0. The van der Waals surface area contributed by atoms with Crippen molar-refractivity contribution in [3.63, 3.8) is 0 Å². The molecule has 0 unspecified atom stereocenters. The smallest absolute Gasteiger partial charge is 0.00264 e. The van der Waals surface area contributed by atoms with Gasteiger partial charge in [-0.1, -0.05) is 154 Å². The highest BCUT2D eigenvalue weighted by Crippen LogP contribution is 2.45. The maximum Gasteiger partial charge on any atom is -0.00264 e. The van der Waals surface area contributed by atoms with Crippen molar-refractivity contribution in [2.75, 3.05) is 0 Å². The fraction of sp³-hybridized carbons (Fsp3) is 0.0870. The van der Waals surface area contributed by atoms with Gasteiger partial charge < -0.3 is 0 Å². The lowest BCUT2D eigenvalue weighted by molar-refractivity contribution is 0.601. The summed E-state index contributed by atoms with van der Waals surface area (Å²) in [6.45, 7) is 7.05. The second-order valence-corrected chi connectivity index (χ2v) is 13.7. The van der Waals surface area contributed by atoms with Crippen LogP contribution in [0.25, 0.3) is 86.9 Å². The van der Waals surface area contributed by atoms with Gasteiger partial charge in [0.1, 0.15) is 0 Å². The summed E-state index contributed by atoms with van der Waals surface area (Å²) in [6, 6.07) is 56.4. The Morgan fingerprint density at radius 3 is 1.37 bits per heavy atom. The predicted octanol–water partition coefficient (Wildman–Crippen LogP) is 13.2. The van der Waals surface area contributed by atoms with Crippen molar-refractivity contribution in [1.29, 1.82) is 0 Å². The number of benzene rings is 9. The summed E-state index contributed by atoms with van der Waals surface area (Å²) in [5.41, 5.74) is 6.43. The van der Waals surface area contributed by atoms with Crippen LogP contribution >= 0.6 is 0 Å². The quantitative estimate of drug-likeness (QED) is 0.140. The van der Waals surface area contributed by atoms with Gasteiger partial charge in [0.2, 0.25) is 0 Å². The molecule has 0 heteroatoms. The molecule has 0 aliphatic rings. The van der Waals surface area contributed by atoms with Crippen molar-refractivity contribution in [2.24, 2.45) is 0 Å². The van der Waals surface area contributed by atoms with Crippen LogP contribution in [0.3, 0.4) is 0 Å². The molecular weight excluding hydrogens is 553 g/mol. The van der Waals surface area contributed by atoms with Crippen LogP contribution in [0.2, 0.25) is 0 Å². The van der Waals surface area contributed by atoms with Gasteiger partial charge in [0.15, 0.2) is 0 Å². The van der Waals surface area contributed by atoms with Crippen LogP contribution in [0.1, 0.15) is 26.3 Å². The van der Waals surface area contributed by atoms with Gasteiger partial charge >= 0.3 is 0 Å². The molecule has 0 N–H and O–H groups in total. The number of hydrogen-bond donors (Lipinski definition) is 0. The van der Waals surface area contributed by atoms with E-state index in [0.29, 0.717) is 0 Å². The van der Waals surface area contributed by atoms with Crippen molar-refractivity contribution in [3.05, 3.63) is 157 Å². The van der Waals surface area contributed by atoms with E-state index < -0.39 is 0 Å². The van der Waals surface area contributed by atoms with Crippen LogP contribution in [0, 0.1) is 0 Å². The molecule has 9 rings (SSSR count). The van der Waals surface area contributed by atoms with Gasteiger partial charge in [-0.3, -0.25) is 0 Å². The molecule has 0 heterocycles. The lowest BCUT2D eigenvalue weighted by atomic mass is 9.77. The Hall–Kier alpha value is -5.46. The van der Waals surface area contributed by atoms with Gasteiger partial charge in [0.25, 0.3) is 0 Å². The molecule has 0 fully saturated rings. The van der Waals surface area contributed by atoms with E-state index in [4.69, 9.17) is 0 Å². The molecule has 0 nitrogen and oxygen atoms in total. The molecule has 0 aliphatic heterocycles. The van der Waals surface area contributed by atoms with E-state index in [9.17, 15) is 0 Å². The average Bonchev–Trinajstić information content (AvgIpc) is 3.09. The Bertz CT molecular complexity index is 2630. The summed E-state index contributed by atoms with van der Waals surface area (Å²) >= 11 is 0. The zero-order valence-electron chi connectivity index (χ0n) is 26.4. The first kappa shape index (κ1) is 26.9. The standard InChI is InChI=1S/C46H34/c1-46(2,3)45-41-19-11-10-18-39(41)44(33-21-20-29-12-4-5-13-30(29)26-33)40-25-23-32(28-43(40)45)31-22-24-38-36-16-7-6-14-34(36)35-15-8-9-17-37(35)42(38)27-31/h4-28H,1-3H3. The van der Waals surface area contributed by atoms with E-state index >= 15 is 0 Å². The summed E-state index contributed by atoms with van der Waals surface area (Å²) in [4.78, 5) is 0. The molecule has 0 radical (unpaired) electrons. The molecule has 0 amide bonds. The Labute approximate surface area is 269 Å². The first-order valence-corrected chi connectivity index (χ1v) is 16.3. The van der Waals surface area contributed by atoms with Crippen LogP contribution in [0.4, 0.5) is 0 Å². The van der Waals surface area contributed by atoms with Crippen molar-refractivity contribution in [3.8, 4) is 22.3 Å². The summed E-state index contributed by atoms with van der Waals surface area (Å²) in [7, 11) is 0. The Morgan fingerprint density at radius 1 is 0.304 bits per heavy atom. The van der Waals surface area contributed by atoms with Crippen LogP contribution in [0.15, 0.2) is 152 Å². The monoisotopic (exact) mass is 586 g/mol. The summed E-state index contributed by atoms with van der Waals surface area (Å²) in [6.07, 6.45) is 0. The van der Waals surface area contributed by atoms with Crippen molar-refractivity contribution in [2.45, 2.75) is 26.2 Å². The molecule has 46 heavy (non-hydrogen) atoms. The molecule has 0 bridgehead atoms. The third-order valence-electron chi connectivity index (χ3n) is 9.89. The lowest BCUT2D eigenvalue weighted by Crippen LogP contribution is -2.13. The van der Waals surface area contributed by atoms with Gasteiger partial charge in [0, 0.05) is 0 Å². The average molecular weight is 587 g/mol. The molecule has 0 saturated heterocycles. The third-order valence-corrected chi connectivity index (χ3v) is 9.89. The van der Waals surface area contributed by atoms with Crippen LogP contribution in [-0.4, -0.2) is 0 Å². The second kappa shape index (κ2) is 10.0.